The van der Waals surface area contributed by atoms with Gasteiger partial charge in [-0.1, -0.05) is 51.5 Å². The number of fused-ring (bicyclic) bond motifs is 1. The van der Waals surface area contributed by atoms with Crippen molar-refractivity contribution in [2.24, 2.45) is 0 Å². The summed E-state index contributed by atoms with van der Waals surface area (Å²) in [5, 5.41) is 3.09. The Bertz CT molecular complexity index is 864. The lowest BCUT2D eigenvalue weighted by molar-refractivity contribution is 0.102. The maximum absolute atomic E-state index is 13.0. The number of carbonyl (C=O) groups excluding carboxylic acids is 1. The number of imidazole rings is 1. The Labute approximate surface area is 142 Å². The Morgan fingerprint density at radius 1 is 1.17 bits per heavy atom. The van der Waals surface area contributed by atoms with Gasteiger partial charge < -0.3 is 5.32 Å². The van der Waals surface area contributed by atoms with Crippen molar-refractivity contribution in [2.45, 2.75) is 39.5 Å². The molecule has 0 unspecified atom stereocenters. The number of rotatable bonds is 5. The molecule has 3 aromatic rings. The van der Waals surface area contributed by atoms with Crippen LogP contribution < -0.4 is 5.32 Å². The predicted molar refractivity (Wildman–Crippen MR) is 97.7 cm³/mol. The van der Waals surface area contributed by atoms with Crippen LogP contribution in [0.3, 0.4) is 0 Å². The minimum absolute atomic E-state index is 0.106. The van der Waals surface area contributed by atoms with Gasteiger partial charge in [-0.3, -0.25) is 9.20 Å². The second-order valence-electron chi connectivity index (χ2n) is 6.28. The highest BCUT2D eigenvalue weighted by Gasteiger charge is 2.19. The molecule has 0 saturated carbocycles. The van der Waals surface area contributed by atoms with Crippen molar-refractivity contribution in [2.75, 3.05) is 5.32 Å². The molecule has 2 aromatic heterocycles. The van der Waals surface area contributed by atoms with Gasteiger partial charge in [0.15, 0.2) is 0 Å². The molecule has 0 aliphatic heterocycles. The van der Waals surface area contributed by atoms with E-state index >= 15 is 0 Å². The SMILES string of the molecule is CCCc1nc2ccccn2c1C(=O)Nc1ccccc1C(C)C. The molecular weight excluding hydrogens is 298 g/mol. The highest BCUT2D eigenvalue weighted by molar-refractivity contribution is 6.05. The molecule has 1 aromatic carbocycles. The number of benzene rings is 1. The Balaban J connectivity index is 2.02. The molecule has 2 heterocycles. The topological polar surface area (TPSA) is 46.4 Å². The average Bonchev–Trinajstić information content (AvgIpc) is 2.93. The van der Waals surface area contributed by atoms with Gasteiger partial charge in [-0.2, -0.15) is 0 Å². The molecule has 24 heavy (non-hydrogen) atoms. The zero-order chi connectivity index (χ0) is 17.1. The first-order valence-electron chi connectivity index (χ1n) is 8.48. The van der Waals surface area contributed by atoms with Gasteiger partial charge in [-0.25, -0.2) is 4.98 Å². The summed E-state index contributed by atoms with van der Waals surface area (Å²) in [6.45, 7) is 6.35. The molecule has 124 valence electrons. The smallest absolute Gasteiger partial charge is 0.274 e. The van der Waals surface area contributed by atoms with Gasteiger partial charge in [-0.05, 0) is 36.1 Å². The summed E-state index contributed by atoms with van der Waals surface area (Å²) in [5.41, 5.74) is 4.29. The third-order valence-corrected chi connectivity index (χ3v) is 4.14. The van der Waals surface area contributed by atoms with E-state index in [1.54, 1.807) is 0 Å². The molecule has 4 heteroatoms. The highest BCUT2D eigenvalue weighted by atomic mass is 16.2. The van der Waals surface area contributed by atoms with Crippen LogP contribution in [0.25, 0.3) is 5.65 Å². The maximum Gasteiger partial charge on any atom is 0.274 e. The zero-order valence-corrected chi connectivity index (χ0v) is 14.4. The van der Waals surface area contributed by atoms with Crippen molar-refractivity contribution < 1.29 is 4.79 Å². The van der Waals surface area contributed by atoms with E-state index < -0.39 is 0 Å². The number of aryl methyl sites for hydroxylation is 1. The number of nitrogens with zero attached hydrogens (tertiary/aromatic N) is 2. The molecule has 0 saturated heterocycles. The molecule has 0 radical (unpaired) electrons. The van der Waals surface area contributed by atoms with E-state index in [-0.39, 0.29) is 5.91 Å². The lowest BCUT2D eigenvalue weighted by Crippen LogP contribution is -2.17. The van der Waals surface area contributed by atoms with Crippen LogP contribution in [-0.4, -0.2) is 15.3 Å². The molecule has 3 rings (SSSR count). The number of carbonyl (C=O) groups is 1. The number of anilines is 1. The number of pyridine rings is 1. The fraction of sp³-hybridized carbons (Fsp3) is 0.300. The van der Waals surface area contributed by atoms with Crippen LogP contribution in [0.1, 0.15) is 54.9 Å². The standard InChI is InChI=1S/C20H23N3O/c1-4-9-17-19(23-13-8-7-12-18(23)21-17)20(24)22-16-11-6-5-10-15(16)14(2)3/h5-8,10-14H,4,9H2,1-3H3,(H,22,24). The molecule has 0 fully saturated rings. The van der Waals surface area contributed by atoms with E-state index in [9.17, 15) is 4.79 Å². The van der Waals surface area contributed by atoms with Crippen molar-refractivity contribution in [3.63, 3.8) is 0 Å². The molecule has 0 aliphatic rings. The lowest BCUT2D eigenvalue weighted by Gasteiger charge is -2.14. The van der Waals surface area contributed by atoms with Crippen LogP contribution in [0.5, 0.6) is 0 Å². The summed E-state index contributed by atoms with van der Waals surface area (Å²) >= 11 is 0. The number of hydrogen-bond acceptors (Lipinski definition) is 2. The molecular formula is C20H23N3O. The molecule has 0 spiro atoms. The fourth-order valence-electron chi connectivity index (χ4n) is 2.99. The molecule has 0 aliphatic carbocycles. The number of para-hydroxylation sites is 1. The third kappa shape index (κ3) is 3.04. The van der Waals surface area contributed by atoms with Crippen LogP contribution in [-0.2, 0) is 6.42 Å². The minimum Gasteiger partial charge on any atom is -0.320 e. The van der Waals surface area contributed by atoms with E-state index in [0.717, 1.165) is 35.4 Å². The number of aromatic nitrogens is 2. The quantitative estimate of drug-likeness (QED) is 0.742. The largest absolute Gasteiger partial charge is 0.320 e. The van der Waals surface area contributed by atoms with Gasteiger partial charge in [0.2, 0.25) is 0 Å². The second-order valence-corrected chi connectivity index (χ2v) is 6.28. The Hall–Kier alpha value is -2.62. The minimum atomic E-state index is -0.106. The van der Waals surface area contributed by atoms with Gasteiger partial charge in [0.25, 0.3) is 5.91 Å². The van der Waals surface area contributed by atoms with Crippen LogP contribution in [0, 0.1) is 0 Å². The predicted octanol–water partition coefficient (Wildman–Crippen LogP) is 4.66. The van der Waals surface area contributed by atoms with Crippen LogP contribution in [0.2, 0.25) is 0 Å². The maximum atomic E-state index is 13.0. The highest BCUT2D eigenvalue weighted by Crippen LogP contribution is 2.25. The molecule has 1 amide bonds. The summed E-state index contributed by atoms with van der Waals surface area (Å²) in [6.07, 6.45) is 3.63. The monoisotopic (exact) mass is 321 g/mol. The van der Waals surface area contributed by atoms with Gasteiger partial charge >= 0.3 is 0 Å². The number of nitrogens with one attached hydrogen (secondary N) is 1. The molecule has 4 nitrogen and oxygen atoms in total. The summed E-state index contributed by atoms with van der Waals surface area (Å²) in [6, 6.07) is 13.7. The summed E-state index contributed by atoms with van der Waals surface area (Å²) in [5.74, 6) is 0.240. The van der Waals surface area contributed by atoms with Gasteiger partial charge in [0.1, 0.15) is 11.3 Å². The van der Waals surface area contributed by atoms with Crippen molar-refractivity contribution >= 4 is 17.2 Å². The van der Waals surface area contributed by atoms with E-state index in [1.807, 2.05) is 47.0 Å². The number of amides is 1. The summed E-state index contributed by atoms with van der Waals surface area (Å²) < 4.78 is 1.87. The average molecular weight is 321 g/mol. The van der Waals surface area contributed by atoms with E-state index in [0.29, 0.717) is 11.6 Å². The van der Waals surface area contributed by atoms with Gasteiger partial charge in [-0.15, -0.1) is 0 Å². The zero-order valence-electron chi connectivity index (χ0n) is 14.4. The normalized spacial score (nSPS) is 11.2. The van der Waals surface area contributed by atoms with Crippen LogP contribution in [0.15, 0.2) is 48.7 Å². The fourth-order valence-corrected chi connectivity index (χ4v) is 2.99. The van der Waals surface area contributed by atoms with Crippen molar-refractivity contribution in [1.82, 2.24) is 9.38 Å². The first-order chi connectivity index (χ1) is 11.6. The first-order valence-corrected chi connectivity index (χ1v) is 8.48. The lowest BCUT2D eigenvalue weighted by atomic mass is 10.0. The number of hydrogen-bond donors (Lipinski definition) is 1. The van der Waals surface area contributed by atoms with Crippen molar-refractivity contribution in [3.05, 3.63) is 65.6 Å². The second kappa shape index (κ2) is 6.87. The first kappa shape index (κ1) is 16.2. The van der Waals surface area contributed by atoms with E-state index in [1.165, 1.54) is 0 Å². The van der Waals surface area contributed by atoms with Crippen molar-refractivity contribution in [1.29, 1.82) is 0 Å². The molecule has 1 N–H and O–H groups in total. The summed E-state index contributed by atoms with van der Waals surface area (Å²) in [4.78, 5) is 17.6. The molecule has 0 bridgehead atoms. The van der Waals surface area contributed by atoms with Crippen LogP contribution >= 0.6 is 0 Å². The van der Waals surface area contributed by atoms with Crippen LogP contribution in [0.4, 0.5) is 5.69 Å². The van der Waals surface area contributed by atoms with Gasteiger partial charge in [0, 0.05) is 11.9 Å². The molecule has 0 atom stereocenters. The Morgan fingerprint density at radius 2 is 1.92 bits per heavy atom. The van der Waals surface area contributed by atoms with E-state index in [4.69, 9.17) is 0 Å². The Kier molecular flexibility index (Phi) is 4.65. The summed E-state index contributed by atoms with van der Waals surface area (Å²) in [7, 11) is 0. The Morgan fingerprint density at radius 3 is 2.67 bits per heavy atom. The van der Waals surface area contributed by atoms with Crippen molar-refractivity contribution in [3.8, 4) is 0 Å². The van der Waals surface area contributed by atoms with Gasteiger partial charge in [0.05, 0.1) is 5.69 Å². The third-order valence-electron chi connectivity index (χ3n) is 4.14. The van der Waals surface area contributed by atoms with E-state index in [2.05, 4.69) is 37.1 Å².